The minimum Gasteiger partial charge on any atom is -0.486 e. The van der Waals surface area contributed by atoms with Crippen LogP contribution in [0.1, 0.15) is 41.7 Å². The first-order valence-electron chi connectivity index (χ1n) is 10.1. The first-order chi connectivity index (χ1) is 15.0. The first-order valence-corrected chi connectivity index (χ1v) is 10.1. The molecule has 0 amide bonds. The second-order valence-corrected chi connectivity index (χ2v) is 7.72. The van der Waals surface area contributed by atoms with Gasteiger partial charge >= 0.3 is 0 Å². The standard InChI is InChI=1S/C20H21N5O3.CH2O2/c26-16-11-20(28-17-5-2-1-4-15(16)17)6-3-8-24(9-7-20)12-14-10-18(27)25-19(23-14)21-13-22-25;2-1-3/h1-2,4-5,10,13H,3,6-9,11-12H2,(H,21,22,23);1H,(H,2,3). The van der Waals surface area contributed by atoms with Crippen molar-refractivity contribution in [1.29, 1.82) is 0 Å². The number of ketones is 1. The van der Waals surface area contributed by atoms with Gasteiger partial charge in [0, 0.05) is 25.6 Å². The average Bonchev–Trinajstić information content (AvgIpc) is 3.14. The number of aromatic nitrogens is 4. The SMILES string of the molecule is O=C1CC2(CCCN(Cc3cc(=O)n4[nH]cnc4n3)CC2)Oc2ccccc21.O=CO. The Hall–Kier alpha value is -3.53. The molecule has 0 saturated carbocycles. The fourth-order valence-corrected chi connectivity index (χ4v) is 4.28. The molecule has 0 bridgehead atoms. The number of carbonyl (C=O) groups is 2. The third-order valence-electron chi connectivity index (χ3n) is 5.69. The molecule has 1 saturated heterocycles. The third-order valence-corrected chi connectivity index (χ3v) is 5.69. The van der Waals surface area contributed by atoms with Crippen molar-refractivity contribution in [2.24, 2.45) is 0 Å². The average molecular weight is 425 g/mol. The number of nitrogens with one attached hydrogen (secondary N) is 1. The minimum absolute atomic E-state index is 0.161. The molecule has 1 aromatic carbocycles. The lowest BCUT2D eigenvalue weighted by molar-refractivity contribution is -0.122. The van der Waals surface area contributed by atoms with E-state index < -0.39 is 5.60 Å². The van der Waals surface area contributed by atoms with Gasteiger partial charge in [0.05, 0.1) is 17.7 Å². The summed E-state index contributed by atoms with van der Waals surface area (Å²) in [5, 5.41) is 9.64. The van der Waals surface area contributed by atoms with Crippen molar-refractivity contribution in [1.82, 2.24) is 24.5 Å². The highest BCUT2D eigenvalue weighted by atomic mass is 16.5. The molecule has 10 nitrogen and oxygen atoms in total. The Morgan fingerprint density at radius 1 is 1.23 bits per heavy atom. The second kappa shape index (κ2) is 8.68. The number of carbonyl (C=O) groups excluding carboxylic acids is 1. The Bertz CT molecular complexity index is 1160. The molecule has 5 rings (SSSR count). The molecular formula is C21H23N5O5. The van der Waals surface area contributed by atoms with Crippen molar-refractivity contribution < 1.29 is 19.4 Å². The van der Waals surface area contributed by atoms with E-state index in [1.54, 1.807) is 6.07 Å². The quantitative estimate of drug-likeness (QED) is 0.591. The highest BCUT2D eigenvalue weighted by Gasteiger charge is 2.41. The van der Waals surface area contributed by atoms with Gasteiger partial charge in [-0.25, -0.2) is 9.97 Å². The highest BCUT2D eigenvalue weighted by molar-refractivity contribution is 6.00. The summed E-state index contributed by atoms with van der Waals surface area (Å²) in [4.78, 5) is 43.9. The van der Waals surface area contributed by atoms with Crippen molar-refractivity contribution in [3.8, 4) is 5.75 Å². The number of rotatable bonds is 2. The molecule has 4 heterocycles. The number of Topliss-reactive ketones (excluding diaryl/α,β-unsaturated/α-hetero) is 1. The van der Waals surface area contributed by atoms with Crippen LogP contribution in [0.4, 0.5) is 0 Å². The highest BCUT2D eigenvalue weighted by Crippen LogP contribution is 2.39. The zero-order chi connectivity index (χ0) is 21.8. The van der Waals surface area contributed by atoms with Crippen molar-refractivity contribution in [3.63, 3.8) is 0 Å². The fourth-order valence-electron chi connectivity index (χ4n) is 4.28. The van der Waals surface area contributed by atoms with Crippen molar-refractivity contribution in [3.05, 3.63) is 58.3 Å². The minimum atomic E-state index is -0.431. The lowest BCUT2D eigenvalue weighted by Crippen LogP contribution is -2.42. The number of hydrogen-bond acceptors (Lipinski definition) is 7. The summed E-state index contributed by atoms with van der Waals surface area (Å²) in [6.45, 7) is 2.00. The van der Waals surface area contributed by atoms with E-state index in [1.165, 1.54) is 10.8 Å². The van der Waals surface area contributed by atoms with Gasteiger partial charge in [-0.3, -0.25) is 24.4 Å². The van der Waals surface area contributed by atoms with Crippen LogP contribution in [0.25, 0.3) is 5.78 Å². The van der Waals surface area contributed by atoms with E-state index in [0.29, 0.717) is 35.8 Å². The Morgan fingerprint density at radius 3 is 2.87 bits per heavy atom. The number of fused-ring (bicyclic) bond motifs is 2. The predicted molar refractivity (Wildman–Crippen MR) is 110 cm³/mol. The molecule has 0 radical (unpaired) electrons. The molecule has 2 aliphatic heterocycles. The van der Waals surface area contributed by atoms with Gasteiger partial charge in [-0.05, 0) is 31.5 Å². The Labute approximate surface area is 177 Å². The van der Waals surface area contributed by atoms with Crippen LogP contribution in [0.2, 0.25) is 0 Å². The van der Waals surface area contributed by atoms with E-state index in [2.05, 4.69) is 20.0 Å². The van der Waals surface area contributed by atoms with Crippen LogP contribution in [-0.4, -0.2) is 60.5 Å². The number of benzene rings is 1. The molecule has 10 heteroatoms. The van der Waals surface area contributed by atoms with Crippen LogP contribution in [0.5, 0.6) is 5.75 Å². The van der Waals surface area contributed by atoms with Gasteiger partial charge in [0.2, 0.25) is 0 Å². The van der Waals surface area contributed by atoms with Crippen LogP contribution >= 0.6 is 0 Å². The summed E-state index contributed by atoms with van der Waals surface area (Å²) in [5.41, 5.74) is 0.797. The summed E-state index contributed by atoms with van der Waals surface area (Å²) < 4.78 is 7.66. The number of nitrogens with zero attached hydrogens (tertiary/aromatic N) is 4. The van der Waals surface area contributed by atoms with Crippen molar-refractivity contribution in [2.75, 3.05) is 13.1 Å². The summed E-state index contributed by atoms with van der Waals surface area (Å²) >= 11 is 0. The van der Waals surface area contributed by atoms with E-state index in [9.17, 15) is 9.59 Å². The van der Waals surface area contributed by atoms with E-state index in [0.717, 1.165) is 32.4 Å². The first kappa shape index (κ1) is 20.7. The van der Waals surface area contributed by atoms with Crippen molar-refractivity contribution >= 4 is 18.0 Å². The molecule has 1 fully saturated rings. The summed E-state index contributed by atoms with van der Waals surface area (Å²) in [6, 6.07) is 9.04. The maximum Gasteiger partial charge on any atom is 0.290 e. The second-order valence-electron chi connectivity index (χ2n) is 7.72. The van der Waals surface area contributed by atoms with E-state index in [4.69, 9.17) is 14.6 Å². The normalized spacial score (nSPS) is 21.0. The van der Waals surface area contributed by atoms with Gasteiger partial charge in [-0.1, -0.05) is 12.1 Å². The maximum atomic E-state index is 12.6. The van der Waals surface area contributed by atoms with Gasteiger partial charge in [0.25, 0.3) is 17.8 Å². The number of likely N-dealkylation sites (tertiary alicyclic amines) is 1. The number of H-pyrrole nitrogens is 1. The maximum absolute atomic E-state index is 12.6. The van der Waals surface area contributed by atoms with Gasteiger partial charge in [-0.2, -0.15) is 4.52 Å². The molecule has 1 spiro atoms. The van der Waals surface area contributed by atoms with Gasteiger partial charge in [0.15, 0.2) is 5.78 Å². The molecular weight excluding hydrogens is 402 g/mol. The molecule has 2 aromatic heterocycles. The molecule has 2 aliphatic rings. The summed E-state index contributed by atoms with van der Waals surface area (Å²) in [7, 11) is 0. The molecule has 2 N–H and O–H groups in total. The number of para-hydroxylation sites is 1. The molecule has 0 aliphatic carbocycles. The van der Waals surface area contributed by atoms with E-state index in [1.807, 2.05) is 24.3 Å². The van der Waals surface area contributed by atoms with E-state index >= 15 is 0 Å². The molecule has 3 aromatic rings. The fraction of sp³-hybridized carbons (Fsp3) is 0.381. The van der Waals surface area contributed by atoms with E-state index in [-0.39, 0.29) is 17.8 Å². The number of ether oxygens (including phenoxy) is 1. The predicted octanol–water partition coefficient (Wildman–Crippen LogP) is 1.51. The monoisotopic (exact) mass is 425 g/mol. The molecule has 31 heavy (non-hydrogen) atoms. The van der Waals surface area contributed by atoms with Gasteiger partial charge in [-0.15, -0.1) is 0 Å². The topological polar surface area (TPSA) is 130 Å². The summed E-state index contributed by atoms with van der Waals surface area (Å²) in [5.74, 6) is 1.24. The van der Waals surface area contributed by atoms with Gasteiger partial charge in [0.1, 0.15) is 17.7 Å². The zero-order valence-electron chi connectivity index (χ0n) is 16.9. The largest absolute Gasteiger partial charge is 0.486 e. The Kier molecular flexibility index (Phi) is 5.81. The molecule has 1 atom stereocenters. The Balaban J connectivity index is 0.000000730. The smallest absolute Gasteiger partial charge is 0.290 e. The Morgan fingerprint density at radius 2 is 2.03 bits per heavy atom. The number of carboxylic acid groups (broad SMARTS) is 1. The lowest BCUT2D eigenvalue weighted by atomic mass is 9.84. The van der Waals surface area contributed by atoms with Crippen LogP contribution in [0.15, 0.2) is 41.5 Å². The summed E-state index contributed by atoms with van der Waals surface area (Å²) in [6.07, 6.45) is 4.43. The van der Waals surface area contributed by atoms with Crippen LogP contribution in [-0.2, 0) is 11.3 Å². The van der Waals surface area contributed by atoms with Crippen molar-refractivity contribution in [2.45, 2.75) is 37.8 Å². The number of aromatic amines is 1. The van der Waals surface area contributed by atoms with Crippen LogP contribution < -0.4 is 10.3 Å². The molecule has 1 unspecified atom stereocenters. The number of hydrogen-bond donors (Lipinski definition) is 2. The van der Waals surface area contributed by atoms with Gasteiger partial charge < -0.3 is 9.84 Å². The van der Waals surface area contributed by atoms with Crippen LogP contribution in [0.3, 0.4) is 0 Å². The van der Waals surface area contributed by atoms with Crippen LogP contribution in [0, 0.1) is 0 Å². The molecule has 162 valence electrons. The zero-order valence-corrected chi connectivity index (χ0v) is 16.9. The third kappa shape index (κ3) is 4.33. The lowest BCUT2D eigenvalue weighted by Gasteiger charge is -2.37.